The fraction of sp³-hybridized carbons (Fsp3) is 0.350. The minimum Gasteiger partial charge on any atom is -0.437 e. The van der Waals surface area contributed by atoms with Crippen LogP contribution in [0.3, 0.4) is 0 Å². The highest BCUT2D eigenvalue weighted by atomic mass is 19.1. The van der Waals surface area contributed by atoms with E-state index < -0.39 is 0 Å². The van der Waals surface area contributed by atoms with Crippen LogP contribution in [0, 0.1) is 19.7 Å². The Labute approximate surface area is 140 Å². The summed E-state index contributed by atoms with van der Waals surface area (Å²) in [5.41, 5.74) is 4.93. The highest BCUT2D eigenvalue weighted by Gasteiger charge is 2.20. The standard InChI is InChI=1S/C20H21FN2O/c1-13-11-15(14(2)23(13)17-5-3-4-6-17)7-10-20-22-18-12-16(21)8-9-19(18)24-20/h7-12,17H,3-6H2,1-2H3. The van der Waals surface area contributed by atoms with Crippen molar-refractivity contribution >= 4 is 23.3 Å². The van der Waals surface area contributed by atoms with E-state index in [1.54, 1.807) is 6.07 Å². The van der Waals surface area contributed by atoms with E-state index in [1.807, 2.05) is 12.2 Å². The van der Waals surface area contributed by atoms with Crippen LogP contribution in [-0.4, -0.2) is 9.55 Å². The van der Waals surface area contributed by atoms with Crippen molar-refractivity contribution in [2.75, 3.05) is 0 Å². The summed E-state index contributed by atoms with van der Waals surface area (Å²) >= 11 is 0. The minimum atomic E-state index is -0.300. The van der Waals surface area contributed by atoms with E-state index in [9.17, 15) is 4.39 Å². The first-order valence-corrected chi connectivity index (χ1v) is 8.54. The highest BCUT2D eigenvalue weighted by molar-refractivity contribution is 5.76. The van der Waals surface area contributed by atoms with Gasteiger partial charge in [0.25, 0.3) is 0 Å². The average Bonchev–Trinajstić information content (AvgIpc) is 3.24. The lowest BCUT2D eigenvalue weighted by Gasteiger charge is -2.17. The van der Waals surface area contributed by atoms with E-state index in [0.717, 1.165) is 0 Å². The van der Waals surface area contributed by atoms with Gasteiger partial charge in [0.1, 0.15) is 11.3 Å². The van der Waals surface area contributed by atoms with Gasteiger partial charge >= 0.3 is 0 Å². The number of hydrogen-bond donors (Lipinski definition) is 0. The van der Waals surface area contributed by atoms with Gasteiger partial charge in [-0.15, -0.1) is 0 Å². The Morgan fingerprint density at radius 2 is 1.96 bits per heavy atom. The van der Waals surface area contributed by atoms with E-state index >= 15 is 0 Å². The summed E-state index contributed by atoms with van der Waals surface area (Å²) < 4.78 is 21.4. The molecule has 1 fully saturated rings. The SMILES string of the molecule is Cc1cc(C=Cc2nc3cc(F)ccc3o2)c(C)n1C1CCCC1. The molecular formula is C20H21FN2O. The van der Waals surface area contributed by atoms with Gasteiger partial charge in [0.05, 0.1) is 0 Å². The number of nitrogens with zero attached hydrogens (tertiary/aromatic N) is 2. The van der Waals surface area contributed by atoms with Crippen LogP contribution in [0.15, 0.2) is 28.7 Å². The summed E-state index contributed by atoms with van der Waals surface area (Å²) in [6, 6.07) is 7.24. The summed E-state index contributed by atoms with van der Waals surface area (Å²) in [7, 11) is 0. The normalized spacial score (nSPS) is 16.0. The first-order chi connectivity index (χ1) is 11.6. The van der Waals surface area contributed by atoms with Gasteiger partial charge in [0.15, 0.2) is 5.58 Å². The third-order valence-electron chi connectivity index (χ3n) is 4.98. The van der Waals surface area contributed by atoms with Gasteiger partial charge in [-0.05, 0) is 56.5 Å². The van der Waals surface area contributed by atoms with Crippen molar-refractivity contribution in [2.24, 2.45) is 0 Å². The number of benzene rings is 1. The van der Waals surface area contributed by atoms with Crippen LogP contribution in [0.1, 0.15) is 54.6 Å². The van der Waals surface area contributed by atoms with Crippen LogP contribution in [0.4, 0.5) is 4.39 Å². The minimum absolute atomic E-state index is 0.300. The fourth-order valence-electron chi connectivity index (χ4n) is 3.85. The zero-order chi connectivity index (χ0) is 16.7. The Balaban J connectivity index is 1.64. The molecule has 0 N–H and O–H groups in total. The lowest BCUT2D eigenvalue weighted by Crippen LogP contribution is -2.08. The van der Waals surface area contributed by atoms with E-state index in [0.29, 0.717) is 23.0 Å². The lowest BCUT2D eigenvalue weighted by molar-refractivity contribution is 0.500. The van der Waals surface area contributed by atoms with Crippen molar-refractivity contribution in [1.29, 1.82) is 0 Å². The number of halogens is 1. The molecule has 1 saturated carbocycles. The molecule has 0 amide bonds. The molecule has 4 heteroatoms. The highest BCUT2D eigenvalue weighted by Crippen LogP contribution is 2.33. The van der Waals surface area contributed by atoms with E-state index in [1.165, 1.54) is 54.8 Å². The zero-order valence-corrected chi connectivity index (χ0v) is 14.1. The average molecular weight is 324 g/mol. The second-order valence-electron chi connectivity index (χ2n) is 6.63. The van der Waals surface area contributed by atoms with Crippen LogP contribution in [-0.2, 0) is 0 Å². The molecule has 2 heterocycles. The lowest BCUT2D eigenvalue weighted by atomic mass is 10.2. The predicted octanol–water partition coefficient (Wildman–Crippen LogP) is 5.67. The van der Waals surface area contributed by atoms with Crippen LogP contribution >= 0.6 is 0 Å². The topological polar surface area (TPSA) is 31.0 Å². The number of aromatic nitrogens is 2. The first-order valence-electron chi connectivity index (χ1n) is 8.54. The monoisotopic (exact) mass is 324 g/mol. The molecule has 0 aliphatic heterocycles. The maximum atomic E-state index is 13.2. The summed E-state index contributed by atoms with van der Waals surface area (Å²) in [5, 5.41) is 0. The quantitative estimate of drug-likeness (QED) is 0.621. The number of hydrogen-bond acceptors (Lipinski definition) is 2. The molecule has 0 bridgehead atoms. The Morgan fingerprint density at radius 1 is 1.17 bits per heavy atom. The number of oxazole rings is 1. The second kappa shape index (κ2) is 5.93. The van der Waals surface area contributed by atoms with Gasteiger partial charge in [0.2, 0.25) is 5.89 Å². The van der Waals surface area contributed by atoms with Crippen molar-refractivity contribution in [3.05, 3.63) is 52.9 Å². The molecule has 0 saturated heterocycles. The van der Waals surface area contributed by atoms with Crippen LogP contribution < -0.4 is 0 Å². The van der Waals surface area contributed by atoms with Gasteiger partial charge in [-0.25, -0.2) is 9.37 Å². The molecule has 0 unspecified atom stereocenters. The Morgan fingerprint density at radius 3 is 2.75 bits per heavy atom. The summed E-state index contributed by atoms with van der Waals surface area (Å²) in [5.74, 6) is 0.202. The Kier molecular flexibility index (Phi) is 3.75. The van der Waals surface area contributed by atoms with Crippen LogP contribution in [0.25, 0.3) is 23.3 Å². The molecule has 2 aromatic heterocycles. The Bertz CT molecular complexity index is 913. The van der Waals surface area contributed by atoms with Gasteiger partial charge in [0, 0.05) is 29.6 Å². The molecular weight excluding hydrogens is 303 g/mol. The van der Waals surface area contributed by atoms with Crippen molar-refractivity contribution < 1.29 is 8.81 Å². The van der Waals surface area contributed by atoms with Crippen LogP contribution in [0.2, 0.25) is 0 Å². The van der Waals surface area contributed by atoms with E-state index in [4.69, 9.17) is 4.42 Å². The van der Waals surface area contributed by atoms with E-state index in [2.05, 4.69) is 29.5 Å². The summed E-state index contributed by atoms with van der Waals surface area (Å²) in [6.07, 6.45) is 9.10. The first kappa shape index (κ1) is 15.2. The zero-order valence-electron chi connectivity index (χ0n) is 14.1. The summed E-state index contributed by atoms with van der Waals surface area (Å²) in [6.45, 7) is 4.34. The molecule has 0 atom stereocenters. The molecule has 0 radical (unpaired) electrons. The van der Waals surface area contributed by atoms with Crippen molar-refractivity contribution in [3.8, 4) is 0 Å². The number of aryl methyl sites for hydroxylation is 1. The third kappa shape index (κ3) is 2.66. The molecule has 4 rings (SSSR count). The van der Waals surface area contributed by atoms with Gasteiger partial charge in [-0.1, -0.05) is 12.8 Å². The molecule has 1 aromatic carbocycles. The predicted molar refractivity (Wildman–Crippen MR) is 94.3 cm³/mol. The molecule has 24 heavy (non-hydrogen) atoms. The third-order valence-corrected chi connectivity index (χ3v) is 4.98. The van der Waals surface area contributed by atoms with Gasteiger partial charge in [-0.2, -0.15) is 0 Å². The number of rotatable bonds is 3. The fourth-order valence-corrected chi connectivity index (χ4v) is 3.85. The smallest absolute Gasteiger partial charge is 0.220 e. The molecule has 3 nitrogen and oxygen atoms in total. The van der Waals surface area contributed by atoms with Gasteiger partial charge in [-0.3, -0.25) is 0 Å². The molecule has 1 aliphatic carbocycles. The van der Waals surface area contributed by atoms with E-state index in [-0.39, 0.29) is 5.82 Å². The van der Waals surface area contributed by atoms with Crippen LogP contribution in [0.5, 0.6) is 0 Å². The Hall–Kier alpha value is -2.36. The molecule has 1 aliphatic rings. The maximum Gasteiger partial charge on any atom is 0.220 e. The number of fused-ring (bicyclic) bond motifs is 1. The summed E-state index contributed by atoms with van der Waals surface area (Å²) in [4.78, 5) is 4.32. The van der Waals surface area contributed by atoms with Crippen molar-refractivity contribution in [2.45, 2.75) is 45.6 Å². The van der Waals surface area contributed by atoms with Crippen molar-refractivity contribution in [1.82, 2.24) is 9.55 Å². The largest absolute Gasteiger partial charge is 0.437 e. The second-order valence-corrected chi connectivity index (χ2v) is 6.63. The van der Waals surface area contributed by atoms with Gasteiger partial charge < -0.3 is 8.98 Å². The molecule has 124 valence electrons. The molecule has 0 spiro atoms. The molecule has 3 aromatic rings. The maximum absolute atomic E-state index is 13.2. The van der Waals surface area contributed by atoms with Crippen molar-refractivity contribution in [3.63, 3.8) is 0 Å².